The minimum atomic E-state index is -1.64. The number of hydrogen-bond donors (Lipinski definition) is 3. The van der Waals surface area contributed by atoms with E-state index in [0.29, 0.717) is 16.8 Å². The highest BCUT2D eigenvalue weighted by atomic mass is 16.3. The SMILES string of the molecule is NC(=O)C1=NNc2ccccc2C1(O)c1ccccc1. The summed E-state index contributed by atoms with van der Waals surface area (Å²) < 4.78 is 0. The van der Waals surface area contributed by atoms with Crippen molar-refractivity contribution in [3.05, 3.63) is 65.7 Å². The molecular weight excluding hydrogens is 254 g/mol. The molecule has 0 aliphatic carbocycles. The fourth-order valence-electron chi connectivity index (χ4n) is 2.43. The number of hydrogen-bond acceptors (Lipinski definition) is 4. The first-order valence-corrected chi connectivity index (χ1v) is 6.15. The number of hydrazone groups is 1. The predicted octanol–water partition coefficient (Wildman–Crippen LogP) is 1.19. The van der Waals surface area contributed by atoms with Crippen molar-refractivity contribution in [1.29, 1.82) is 0 Å². The molecule has 2 aromatic rings. The predicted molar refractivity (Wildman–Crippen MR) is 76.1 cm³/mol. The van der Waals surface area contributed by atoms with Crippen LogP contribution in [-0.4, -0.2) is 16.7 Å². The number of benzene rings is 2. The number of aliphatic hydroxyl groups is 1. The summed E-state index contributed by atoms with van der Waals surface area (Å²) in [7, 11) is 0. The van der Waals surface area contributed by atoms with E-state index in [0.717, 1.165) is 0 Å². The van der Waals surface area contributed by atoms with Crippen LogP contribution in [0.15, 0.2) is 59.7 Å². The Balaban J connectivity index is 2.29. The van der Waals surface area contributed by atoms with E-state index >= 15 is 0 Å². The van der Waals surface area contributed by atoms with Gasteiger partial charge in [-0.2, -0.15) is 5.10 Å². The van der Waals surface area contributed by atoms with Gasteiger partial charge < -0.3 is 10.8 Å². The van der Waals surface area contributed by atoms with Gasteiger partial charge in [0, 0.05) is 5.56 Å². The van der Waals surface area contributed by atoms with Gasteiger partial charge in [0.25, 0.3) is 5.91 Å². The van der Waals surface area contributed by atoms with Crippen LogP contribution >= 0.6 is 0 Å². The Bertz CT molecular complexity index is 697. The molecule has 3 rings (SSSR count). The smallest absolute Gasteiger partial charge is 0.268 e. The third-order valence-corrected chi connectivity index (χ3v) is 3.37. The van der Waals surface area contributed by atoms with Gasteiger partial charge in [-0.1, -0.05) is 48.5 Å². The van der Waals surface area contributed by atoms with E-state index < -0.39 is 11.5 Å². The van der Waals surface area contributed by atoms with Crippen molar-refractivity contribution in [2.45, 2.75) is 5.60 Å². The summed E-state index contributed by atoms with van der Waals surface area (Å²) in [6.07, 6.45) is 0. The van der Waals surface area contributed by atoms with E-state index in [-0.39, 0.29) is 5.71 Å². The summed E-state index contributed by atoms with van der Waals surface area (Å²) in [4.78, 5) is 11.6. The second-order valence-corrected chi connectivity index (χ2v) is 4.56. The minimum absolute atomic E-state index is 0.123. The number of carbonyl (C=O) groups is 1. The Labute approximate surface area is 115 Å². The van der Waals surface area contributed by atoms with Crippen molar-refractivity contribution in [1.82, 2.24) is 0 Å². The highest BCUT2D eigenvalue weighted by Gasteiger charge is 2.44. The fourth-order valence-corrected chi connectivity index (χ4v) is 2.43. The maximum Gasteiger partial charge on any atom is 0.268 e. The molecule has 1 atom stereocenters. The van der Waals surface area contributed by atoms with E-state index in [1.165, 1.54) is 0 Å². The van der Waals surface area contributed by atoms with Crippen molar-refractivity contribution in [2.75, 3.05) is 5.43 Å². The van der Waals surface area contributed by atoms with Crippen molar-refractivity contribution in [2.24, 2.45) is 10.8 Å². The molecule has 0 aromatic heterocycles. The molecule has 1 amide bonds. The van der Waals surface area contributed by atoms with Crippen molar-refractivity contribution >= 4 is 17.3 Å². The monoisotopic (exact) mass is 267 g/mol. The average molecular weight is 267 g/mol. The molecule has 0 bridgehead atoms. The van der Waals surface area contributed by atoms with Crippen LogP contribution in [0.5, 0.6) is 0 Å². The minimum Gasteiger partial charge on any atom is -0.374 e. The first-order chi connectivity index (χ1) is 9.64. The molecule has 1 unspecified atom stereocenters. The summed E-state index contributed by atoms with van der Waals surface area (Å²) in [5, 5.41) is 15.1. The number of anilines is 1. The number of carbonyl (C=O) groups excluding carboxylic acids is 1. The Morgan fingerprint density at radius 2 is 1.75 bits per heavy atom. The molecule has 0 radical (unpaired) electrons. The third-order valence-electron chi connectivity index (χ3n) is 3.37. The first-order valence-electron chi connectivity index (χ1n) is 6.15. The highest BCUT2D eigenvalue weighted by Crippen LogP contribution is 2.38. The second-order valence-electron chi connectivity index (χ2n) is 4.56. The van der Waals surface area contributed by atoms with Gasteiger partial charge in [0.05, 0.1) is 5.69 Å². The lowest BCUT2D eigenvalue weighted by Crippen LogP contribution is -2.47. The number of nitrogens with two attached hydrogens (primary N) is 1. The number of fused-ring (bicyclic) bond motifs is 1. The lowest BCUT2D eigenvalue weighted by molar-refractivity contribution is -0.112. The number of rotatable bonds is 2. The molecule has 1 heterocycles. The van der Waals surface area contributed by atoms with Crippen LogP contribution in [0.25, 0.3) is 0 Å². The van der Waals surface area contributed by atoms with Gasteiger partial charge in [0.2, 0.25) is 0 Å². The molecule has 0 fully saturated rings. The van der Waals surface area contributed by atoms with Gasteiger partial charge in [0.15, 0.2) is 11.3 Å². The molecular formula is C15H13N3O2. The van der Waals surface area contributed by atoms with Crippen LogP contribution < -0.4 is 11.2 Å². The fraction of sp³-hybridized carbons (Fsp3) is 0.0667. The lowest BCUT2D eigenvalue weighted by atomic mass is 9.80. The largest absolute Gasteiger partial charge is 0.374 e. The Morgan fingerprint density at radius 3 is 2.45 bits per heavy atom. The quantitative estimate of drug-likeness (QED) is 0.763. The van der Waals surface area contributed by atoms with E-state index in [1.54, 1.807) is 42.5 Å². The summed E-state index contributed by atoms with van der Waals surface area (Å²) in [5.74, 6) is -0.765. The van der Waals surface area contributed by atoms with Crippen LogP contribution in [-0.2, 0) is 10.4 Å². The standard InChI is InChI=1S/C15H13N3O2/c16-14(19)13-15(20,10-6-2-1-3-7-10)11-8-4-5-9-12(11)17-18-13/h1-9,17,20H,(H2,16,19). The zero-order chi connectivity index (χ0) is 14.2. The second kappa shape index (κ2) is 4.47. The molecule has 5 nitrogen and oxygen atoms in total. The zero-order valence-electron chi connectivity index (χ0n) is 10.6. The maximum absolute atomic E-state index is 11.6. The van der Waals surface area contributed by atoms with Crippen LogP contribution in [0.2, 0.25) is 0 Å². The number of amides is 1. The lowest BCUT2D eigenvalue weighted by Gasteiger charge is -2.33. The number of nitrogens with one attached hydrogen (secondary N) is 1. The molecule has 1 aliphatic rings. The molecule has 100 valence electrons. The first kappa shape index (κ1) is 12.4. The van der Waals surface area contributed by atoms with Crippen LogP contribution in [0.4, 0.5) is 5.69 Å². The highest BCUT2D eigenvalue weighted by molar-refractivity contribution is 6.42. The van der Waals surface area contributed by atoms with Gasteiger partial charge in [-0.05, 0) is 11.6 Å². The van der Waals surface area contributed by atoms with Crippen LogP contribution in [0.3, 0.4) is 0 Å². The maximum atomic E-state index is 11.6. The van der Waals surface area contributed by atoms with E-state index in [9.17, 15) is 9.90 Å². The van der Waals surface area contributed by atoms with Crippen molar-refractivity contribution in [3.8, 4) is 0 Å². The summed E-state index contributed by atoms with van der Waals surface area (Å²) >= 11 is 0. The summed E-state index contributed by atoms with van der Waals surface area (Å²) in [6.45, 7) is 0. The topological polar surface area (TPSA) is 87.7 Å². The Morgan fingerprint density at radius 1 is 1.10 bits per heavy atom. The van der Waals surface area contributed by atoms with Gasteiger partial charge in [-0.3, -0.25) is 10.2 Å². The summed E-state index contributed by atoms with van der Waals surface area (Å²) in [6, 6.07) is 16.0. The molecule has 1 aliphatic heterocycles. The van der Waals surface area contributed by atoms with Crippen molar-refractivity contribution in [3.63, 3.8) is 0 Å². The molecule has 20 heavy (non-hydrogen) atoms. The van der Waals surface area contributed by atoms with Gasteiger partial charge >= 0.3 is 0 Å². The Kier molecular flexibility index (Phi) is 2.76. The number of para-hydroxylation sites is 1. The van der Waals surface area contributed by atoms with Gasteiger partial charge in [-0.25, -0.2) is 0 Å². The molecule has 5 heteroatoms. The Hall–Kier alpha value is -2.66. The van der Waals surface area contributed by atoms with Gasteiger partial charge in [0.1, 0.15) is 0 Å². The van der Waals surface area contributed by atoms with Crippen molar-refractivity contribution < 1.29 is 9.90 Å². The molecule has 0 saturated heterocycles. The molecule has 0 saturated carbocycles. The zero-order valence-corrected chi connectivity index (χ0v) is 10.6. The molecule has 4 N–H and O–H groups in total. The number of primary amides is 1. The normalized spacial score (nSPS) is 20.6. The molecule has 2 aromatic carbocycles. The van der Waals surface area contributed by atoms with E-state index in [1.807, 2.05) is 12.1 Å². The average Bonchev–Trinajstić information content (AvgIpc) is 2.48. The number of nitrogens with zero attached hydrogens (tertiary/aromatic N) is 1. The van der Waals surface area contributed by atoms with E-state index in [4.69, 9.17) is 5.73 Å². The van der Waals surface area contributed by atoms with Crippen LogP contribution in [0, 0.1) is 0 Å². The molecule has 0 spiro atoms. The van der Waals surface area contributed by atoms with E-state index in [2.05, 4.69) is 10.5 Å². The van der Waals surface area contributed by atoms with Gasteiger partial charge in [-0.15, -0.1) is 0 Å². The van der Waals surface area contributed by atoms with Crippen LogP contribution in [0.1, 0.15) is 11.1 Å². The summed E-state index contributed by atoms with van der Waals surface area (Å²) in [5.41, 5.74) is 8.09. The third kappa shape index (κ3) is 1.68.